The lowest BCUT2D eigenvalue weighted by atomic mass is 10.3. The molecule has 2 rings (SSSR count). The fourth-order valence-corrected chi connectivity index (χ4v) is 2.21. The monoisotopic (exact) mass is 373 g/mol. The van der Waals surface area contributed by atoms with E-state index in [9.17, 15) is 0 Å². The molecule has 0 amide bonds. The molecule has 1 aromatic carbocycles. The van der Waals surface area contributed by atoms with Crippen LogP contribution in [0.5, 0.6) is 5.75 Å². The highest BCUT2D eigenvalue weighted by molar-refractivity contribution is 9.10. The van der Waals surface area contributed by atoms with E-state index >= 15 is 0 Å². The maximum Gasteiger partial charge on any atom is 0.226 e. The fourth-order valence-electron chi connectivity index (χ4n) is 1.64. The van der Waals surface area contributed by atoms with E-state index in [1.807, 2.05) is 27.2 Å². The number of benzene rings is 1. The van der Waals surface area contributed by atoms with Crippen molar-refractivity contribution in [3.05, 3.63) is 28.0 Å². The zero-order valence-corrected chi connectivity index (χ0v) is 14.4. The Morgan fingerprint density at radius 2 is 2.19 bits per heavy atom. The van der Waals surface area contributed by atoms with E-state index in [2.05, 4.69) is 36.2 Å². The topological polar surface area (TPSA) is 55.2 Å². The SMILES string of the molecule is CN(C)CCOc1cc(Cl)ccc1Nc1nc(Br)nn1C. The van der Waals surface area contributed by atoms with E-state index in [4.69, 9.17) is 16.3 Å². The number of aryl methyl sites for hydroxylation is 1. The lowest BCUT2D eigenvalue weighted by Crippen LogP contribution is -2.19. The number of hydrogen-bond donors (Lipinski definition) is 1. The molecule has 0 spiro atoms. The summed E-state index contributed by atoms with van der Waals surface area (Å²) in [5.74, 6) is 1.30. The van der Waals surface area contributed by atoms with E-state index in [1.54, 1.807) is 16.8 Å². The van der Waals surface area contributed by atoms with Crippen LogP contribution in [0.25, 0.3) is 0 Å². The van der Waals surface area contributed by atoms with Crippen molar-refractivity contribution in [2.45, 2.75) is 0 Å². The van der Waals surface area contributed by atoms with Gasteiger partial charge in [0.25, 0.3) is 0 Å². The van der Waals surface area contributed by atoms with Gasteiger partial charge in [0.2, 0.25) is 10.7 Å². The van der Waals surface area contributed by atoms with Gasteiger partial charge in [0.15, 0.2) is 0 Å². The van der Waals surface area contributed by atoms with Crippen molar-refractivity contribution >= 4 is 39.2 Å². The van der Waals surface area contributed by atoms with Crippen molar-refractivity contribution in [2.75, 3.05) is 32.6 Å². The number of nitrogens with one attached hydrogen (secondary N) is 1. The van der Waals surface area contributed by atoms with E-state index in [-0.39, 0.29) is 0 Å². The Morgan fingerprint density at radius 1 is 1.43 bits per heavy atom. The quantitative estimate of drug-likeness (QED) is 0.842. The molecular formula is C13H17BrClN5O. The van der Waals surface area contributed by atoms with Crippen molar-refractivity contribution in [1.82, 2.24) is 19.7 Å². The molecule has 0 fully saturated rings. The van der Waals surface area contributed by atoms with Gasteiger partial charge in [0.05, 0.1) is 5.69 Å². The van der Waals surface area contributed by atoms with Gasteiger partial charge in [0, 0.05) is 24.7 Å². The molecule has 0 unspecified atom stereocenters. The molecular weight excluding hydrogens is 358 g/mol. The van der Waals surface area contributed by atoms with Gasteiger partial charge in [-0.25, -0.2) is 4.68 Å². The molecule has 0 atom stereocenters. The number of halogens is 2. The smallest absolute Gasteiger partial charge is 0.226 e. The second kappa shape index (κ2) is 7.11. The fraction of sp³-hybridized carbons (Fsp3) is 0.385. The van der Waals surface area contributed by atoms with Crippen LogP contribution in [0.3, 0.4) is 0 Å². The van der Waals surface area contributed by atoms with Gasteiger partial charge in [-0.1, -0.05) is 11.6 Å². The first-order valence-electron chi connectivity index (χ1n) is 6.36. The summed E-state index contributed by atoms with van der Waals surface area (Å²) in [4.78, 5) is 6.29. The third-order valence-corrected chi connectivity index (χ3v) is 3.29. The third kappa shape index (κ3) is 4.59. The Hall–Kier alpha value is -1.31. The van der Waals surface area contributed by atoms with Crippen LogP contribution in [0.1, 0.15) is 0 Å². The highest BCUT2D eigenvalue weighted by Crippen LogP contribution is 2.30. The number of rotatable bonds is 6. The van der Waals surface area contributed by atoms with E-state index in [1.165, 1.54) is 0 Å². The van der Waals surface area contributed by atoms with Crippen LogP contribution in [-0.4, -0.2) is 46.9 Å². The highest BCUT2D eigenvalue weighted by Gasteiger charge is 2.10. The Kier molecular flexibility index (Phi) is 5.44. The average molecular weight is 375 g/mol. The minimum atomic E-state index is 0.525. The molecule has 6 nitrogen and oxygen atoms in total. The summed E-state index contributed by atoms with van der Waals surface area (Å²) in [6.45, 7) is 1.39. The first kappa shape index (κ1) is 16.1. The zero-order chi connectivity index (χ0) is 15.4. The largest absolute Gasteiger partial charge is 0.490 e. The maximum absolute atomic E-state index is 6.04. The second-order valence-electron chi connectivity index (χ2n) is 4.75. The van der Waals surface area contributed by atoms with Crippen molar-refractivity contribution in [1.29, 1.82) is 0 Å². The Morgan fingerprint density at radius 3 is 2.81 bits per heavy atom. The molecule has 0 aliphatic heterocycles. The summed E-state index contributed by atoms with van der Waals surface area (Å²) in [6.07, 6.45) is 0. The van der Waals surface area contributed by atoms with Crippen LogP contribution in [0.15, 0.2) is 22.9 Å². The molecule has 0 saturated heterocycles. The van der Waals surface area contributed by atoms with Gasteiger partial charge < -0.3 is 15.0 Å². The molecule has 1 N–H and O–H groups in total. The molecule has 2 aromatic rings. The van der Waals surface area contributed by atoms with E-state index < -0.39 is 0 Å². The van der Waals surface area contributed by atoms with Gasteiger partial charge in [-0.2, -0.15) is 4.98 Å². The summed E-state index contributed by atoms with van der Waals surface area (Å²) < 4.78 is 7.96. The van der Waals surface area contributed by atoms with Crippen molar-refractivity contribution < 1.29 is 4.74 Å². The lowest BCUT2D eigenvalue weighted by molar-refractivity contribution is 0.262. The normalized spacial score (nSPS) is 11.0. The zero-order valence-electron chi connectivity index (χ0n) is 12.1. The average Bonchev–Trinajstić information content (AvgIpc) is 2.70. The summed E-state index contributed by atoms with van der Waals surface area (Å²) in [7, 11) is 5.80. The number of hydrogen-bond acceptors (Lipinski definition) is 5. The lowest BCUT2D eigenvalue weighted by Gasteiger charge is -2.15. The van der Waals surface area contributed by atoms with Crippen LogP contribution in [-0.2, 0) is 7.05 Å². The molecule has 0 saturated carbocycles. The first-order valence-corrected chi connectivity index (χ1v) is 7.53. The molecule has 8 heteroatoms. The van der Waals surface area contributed by atoms with Crippen LogP contribution in [0, 0.1) is 0 Å². The summed E-state index contributed by atoms with van der Waals surface area (Å²) in [5, 5.41) is 7.94. The maximum atomic E-state index is 6.04. The molecule has 1 heterocycles. The van der Waals surface area contributed by atoms with Crippen LogP contribution in [0.4, 0.5) is 11.6 Å². The number of aromatic nitrogens is 3. The predicted octanol–water partition coefficient (Wildman–Crippen LogP) is 2.92. The number of anilines is 2. The van der Waals surface area contributed by atoms with Crippen molar-refractivity contribution in [2.24, 2.45) is 7.05 Å². The van der Waals surface area contributed by atoms with Gasteiger partial charge in [-0.05, 0) is 42.2 Å². The third-order valence-electron chi connectivity index (χ3n) is 2.72. The van der Waals surface area contributed by atoms with Gasteiger partial charge in [-0.15, -0.1) is 5.10 Å². The Labute approximate surface area is 137 Å². The van der Waals surface area contributed by atoms with Crippen molar-refractivity contribution in [3.8, 4) is 5.75 Å². The first-order chi connectivity index (χ1) is 9.95. The summed E-state index contributed by atoms with van der Waals surface area (Å²) in [5.41, 5.74) is 0.793. The van der Waals surface area contributed by atoms with Crippen LogP contribution < -0.4 is 10.1 Å². The molecule has 1 aromatic heterocycles. The van der Waals surface area contributed by atoms with Crippen LogP contribution >= 0.6 is 27.5 Å². The molecule has 21 heavy (non-hydrogen) atoms. The minimum Gasteiger partial charge on any atom is -0.490 e. The number of likely N-dealkylation sites (N-methyl/N-ethyl adjacent to an activating group) is 1. The Balaban J connectivity index is 2.16. The standard InChI is InChI=1S/C13H17BrClN5O/c1-19(2)6-7-21-11-8-9(15)4-5-10(11)16-13-17-12(14)18-20(13)3/h4-5,8H,6-7H2,1-3H3,(H,16,17,18). The van der Waals surface area contributed by atoms with Gasteiger partial charge in [-0.3, -0.25) is 0 Å². The summed E-state index contributed by atoms with van der Waals surface area (Å²) in [6, 6.07) is 5.44. The molecule has 114 valence electrons. The highest BCUT2D eigenvalue weighted by atomic mass is 79.9. The van der Waals surface area contributed by atoms with E-state index in [0.717, 1.165) is 12.2 Å². The van der Waals surface area contributed by atoms with Gasteiger partial charge in [0.1, 0.15) is 12.4 Å². The molecule has 0 aliphatic carbocycles. The Bertz CT molecular complexity index is 617. The predicted molar refractivity (Wildman–Crippen MR) is 87.5 cm³/mol. The minimum absolute atomic E-state index is 0.525. The second-order valence-corrected chi connectivity index (χ2v) is 5.89. The molecule has 0 bridgehead atoms. The van der Waals surface area contributed by atoms with E-state index in [0.29, 0.717) is 28.1 Å². The van der Waals surface area contributed by atoms with Crippen LogP contribution in [0.2, 0.25) is 5.02 Å². The molecule has 0 radical (unpaired) electrons. The number of ether oxygens (including phenoxy) is 1. The molecule has 0 aliphatic rings. The van der Waals surface area contributed by atoms with Crippen molar-refractivity contribution in [3.63, 3.8) is 0 Å². The summed E-state index contributed by atoms with van der Waals surface area (Å²) >= 11 is 9.28. The number of nitrogens with zero attached hydrogens (tertiary/aromatic N) is 4. The van der Waals surface area contributed by atoms with Gasteiger partial charge >= 0.3 is 0 Å².